The Morgan fingerprint density at radius 1 is 0.966 bits per heavy atom. The van der Waals surface area contributed by atoms with Crippen molar-refractivity contribution in [1.82, 2.24) is 9.80 Å². The van der Waals surface area contributed by atoms with Crippen LogP contribution in [0.15, 0.2) is 41.8 Å². The third kappa shape index (κ3) is 4.92. The molecular formula is C22H28N3O3S+. The molecule has 1 aromatic carbocycles. The number of nitrogens with one attached hydrogen (secondary N) is 1. The van der Waals surface area contributed by atoms with Crippen LogP contribution in [-0.4, -0.2) is 47.9 Å². The van der Waals surface area contributed by atoms with Crippen molar-refractivity contribution in [2.45, 2.75) is 39.2 Å². The Bertz CT molecular complexity index is 885. The molecular weight excluding hydrogens is 386 g/mol. The number of hydrogen-bond acceptors (Lipinski definition) is 4. The van der Waals surface area contributed by atoms with E-state index in [1.807, 2.05) is 24.6 Å². The predicted octanol–water partition coefficient (Wildman–Crippen LogP) is 2.05. The smallest absolute Gasteiger partial charge is 0.316 e. The van der Waals surface area contributed by atoms with Gasteiger partial charge in [-0.2, -0.15) is 0 Å². The molecule has 0 aliphatic carbocycles. The Balaban J connectivity index is 1.59. The highest BCUT2D eigenvalue weighted by molar-refractivity contribution is 7.09. The maximum Gasteiger partial charge on any atom is 0.338 e. The Labute approximate surface area is 175 Å². The highest BCUT2D eigenvalue weighted by Crippen LogP contribution is 2.22. The monoisotopic (exact) mass is 414 g/mol. The summed E-state index contributed by atoms with van der Waals surface area (Å²) >= 11 is 1.57. The number of hydrogen-bond donors (Lipinski definition) is 1. The summed E-state index contributed by atoms with van der Waals surface area (Å²) in [4.78, 5) is 41.4. The molecule has 1 fully saturated rings. The summed E-state index contributed by atoms with van der Waals surface area (Å²) in [6.07, 6.45) is 0.569. The van der Waals surface area contributed by atoms with Crippen molar-refractivity contribution < 1.29 is 19.3 Å². The number of benzene rings is 1. The van der Waals surface area contributed by atoms with E-state index in [4.69, 9.17) is 0 Å². The van der Waals surface area contributed by atoms with Gasteiger partial charge in [0, 0.05) is 23.4 Å². The molecule has 1 aliphatic heterocycles. The van der Waals surface area contributed by atoms with Gasteiger partial charge in [0.1, 0.15) is 6.54 Å². The number of carbonyl (C=O) groups excluding carboxylic acids is 3. The molecule has 1 saturated heterocycles. The van der Waals surface area contributed by atoms with Gasteiger partial charge in [-0.05, 0) is 22.4 Å². The lowest BCUT2D eigenvalue weighted by Gasteiger charge is -2.21. The second-order valence-corrected chi connectivity index (χ2v) is 9.57. The van der Waals surface area contributed by atoms with E-state index in [0.29, 0.717) is 13.0 Å². The summed E-state index contributed by atoms with van der Waals surface area (Å²) < 4.78 is 0. The first-order chi connectivity index (χ1) is 13.7. The van der Waals surface area contributed by atoms with Gasteiger partial charge in [0.25, 0.3) is 0 Å². The quantitative estimate of drug-likeness (QED) is 0.557. The number of amides is 4. The Hall–Kier alpha value is -2.51. The molecule has 1 atom stereocenters. The van der Waals surface area contributed by atoms with Crippen LogP contribution in [0.1, 0.15) is 36.8 Å². The van der Waals surface area contributed by atoms with Crippen LogP contribution in [0, 0.1) is 0 Å². The average Bonchev–Trinajstić information content (AvgIpc) is 3.24. The van der Waals surface area contributed by atoms with E-state index in [0.717, 1.165) is 25.1 Å². The van der Waals surface area contributed by atoms with Crippen LogP contribution < -0.4 is 4.90 Å². The zero-order chi connectivity index (χ0) is 21.2. The van der Waals surface area contributed by atoms with Gasteiger partial charge in [0.15, 0.2) is 6.67 Å². The second-order valence-electron chi connectivity index (χ2n) is 8.54. The lowest BCUT2D eigenvalue weighted by molar-refractivity contribution is -0.901. The highest BCUT2D eigenvalue weighted by atomic mass is 32.1. The van der Waals surface area contributed by atoms with Gasteiger partial charge >= 0.3 is 17.8 Å². The molecule has 0 bridgehead atoms. The number of rotatable bonds is 7. The summed E-state index contributed by atoms with van der Waals surface area (Å²) in [5, 5.41) is 1.95. The summed E-state index contributed by atoms with van der Waals surface area (Å²) in [6.45, 7) is 7.57. The van der Waals surface area contributed by atoms with Crippen LogP contribution in [0.4, 0.5) is 4.79 Å². The van der Waals surface area contributed by atoms with Crippen LogP contribution in [0.25, 0.3) is 0 Å². The normalized spacial score (nSPS) is 16.1. The van der Waals surface area contributed by atoms with E-state index in [-0.39, 0.29) is 18.6 Å². The first-order valence-corrected chi connectivity index (χ1v) is 10.6. The molecule has 0 saturated carbocycles. The van der Waals surface area contributed by atoms with Crippen molar-refractivity contribution >= 4 is 29.2 Å². The number of imide groups is 2. The lowest BCUT2D eigenvalue weighted by atomic mass is 9.87. The van der Waals surface area contributed by atoms with E-state index >= 15 is 0 Å². The molecule has 7 heteroatoms. The summed E-state index contributed by atoms with van der Waals surface area (Å²) in [6, 6.07) is 11.8. The number of nitrogens with zero attached hydrogens (tertiary/aromatic N) is 2. The molecule has 0 spiro atoms. The number of carbonyl (C=O) groups is 3. The summed E-state index contributed by atoms with van der Waals surface area (Å²) in [5.74, 6) is -1.46. The fourth-order valence-corrected chi connectivity index (χ4v) is 4.06. The number of urea groups is 1. The van der Waals surface area contributed by atoms with Gasteiger partial charge in [-0.15, -0.1) is 11.3 Å². The highest BCUT2D eigenvalue weighted by Gasteiger charge is 2.45. The minimum Gasteiger partial charge on any atom is -0.316 e. The maximum atomic E-state index is 12.6. The van der Waals surface area contributed by atoms with Gasteiger partial charge in [-0.25, -0.2) is 9.69 Å². The van der Waals surface area contributed by atoms with Crippen LogP contribution in [0.3, 0.4) is 0 Å². The molecule has 1 unspecified atom stereocenters. The number of thiophene rings is 1. The van der Waals surface area contributed by atoms with Crippen molar-refractivity contribution in [3.05, 3.63) is 57.8 Å². The topological polar surface area (TPSA) is 62.1 Å². The van der Waals surface area contributed by atoms with Crippen molar-refractivity contribution in [3.63, 3.8) is 0 Å². The van der Waals surface area contributed by atoms with E-state index in [9.17, 15) is 14.4 Å². The maximum absolute atomic E-state index is 12.6. The Kier molecular flexibility index (Phi) is 6.19. The SMILES string of the molecule is C[NH+](Cc1ccc(C(C)(C)C)cc1)CN1C(=O)C(=O)N(CCc2cccs2)C1=O. The molecule has 29 heavy (non-hydrogen) atoms. The van der Waals surface area contributed by atoms with Crippen LogP contribution >= 0.6 is 11.3 Å². The minimum absolute atomic E-state index is 0.0958. The van der Waals surface area contributed by atoms with Crippen LogP contribution in [-0.2, 0) is 28.0 Å². The van der Waals surface area contributed by atoms with E-state index < -0.39 is 17.8 Å². The lowest BCUT2D eigenvalue weighted by Crippen LogP contribution is -3.09. The van der Waals surface area contributed by atoms with E-state index in [1.54, 1.807) is 11.3 Å². The van der Waals surface area contributed by atoms with Gasteiger partial charge in [0.2, 0.25) is 0 Å². The first-order valence-electron chi connectivity index (χ1n) is 9.77. The molecule has 0 radical (unpaired) electrons. The molecule has 154 valence electrons. The zero-order valence-corrected chi connectivity index (χ0v) is 18.2. The minimum atomic E-state index is -0.733. The van der Waals surface area contributed by atoms with Crippen LogP contribution in [0.5, 0.6) is 0 Å². The third-order valence-corrected chi connectivity index (χ3v) is 5.99. The molecule has 3 rings (SSSR count). The summed E-state index contributed by atoms with van der Waals surface area (Å²) in [5.41, 5.74) is 2.48. The molecule has 4 amide bonds. The van der Waals surface area contributed by atoms with Gasteiger partial charge in [0.05, 0.1) is 7.05 Å². The van der Waals surface area contributed by atoms with Crippen molar-refractivity contribution in [2.75, 3.05) is 20.3 Å². The van der Waals surface area contributed by atoms with Crippen molar-refractivity contribution in [2.24, 2.45) is 0 Å². The second kappa shape index (κ2) is 8.47. The van der Waals surface area contributed by atoms with E-state index in [1.165, 1.54) is 5.56 Å². The van der Waals surface area contributed by atoms with E-state index in [2.05, 4.69) is 45.0 Å². The fraction of sp³-hybridized carbons (Fsp3) is 0.409. The molecule has 1 N–H and O–H groups in total. The zero-order valence-electron chi connectivity index (χ0n) is 17.4. The predicted molar refractivity (Wildman–Crippen MR) is 113 cm³/mol. The Morgan fingerprint density at radius 3 is 2.21 bits per heavy atom. The molecule has 1 aromatic heterocycles. The summed E-state index contributed by atoms with van der Waals surface area (Å²) in [7, 11) is 1.91. The average molecular weight is 415 g/mol. The largest absolute Gasteiger partial charge is 0.338 e. The Morgan fingerprint density at radius 2 is 1.62 bits per heavy atom. The molecule has 2 aromatic rings. The van der Waals surface area contributed by atoms with Crippen molar-refractivity contribution in [1.29, 1.82) is 0 Å². The van der Waals surface area contributed by atoms with Gasteiger partial charge in [-0.1, -0.05) is 51.1 Å². The molecule has 6 nitrogen and oxygen atoms in total. The van der Waals surface area contributed by atoms with Gasteiger partial charge in [-0.3, -0.25) is 14.5 Å². The standard InChI is InChI=1S/C22H27N3O3S/c1-22(2,3)17-9-7-16(8-10-17)14-23(4)15-25-20(27)19(26)24(21(25)28)12-11-18-6-5-13-29-18/h5-10,13H,11-12,14-15H2,1-4H3/p+1. The van der Waals surface area contributed by atoms with Crippen molar-refractivity contribution in [3.8, 4) is 0 Å². The van der Waals surface area contributed by atoms with Crippen LogP contribution in [0.2, 0.25) is 0 Å². The first kappa shape index (κ1) is 21.2. The molecule has 2 heterocycles. The third-order valence-electron chi connectivity index (χ3n) is 5.05. The van der Waals surface area contributed by atoms with Gasteiger partial charge < -0.3 is 4.90 Å². The fourth-order valence-electron chi connectivity index (χ4n) is 3.36. The number of quaternary nitrogens is 1. The molecule has 1 aliphatic rings.